The first-order valence-electron chi connectivity index (χ1n) is 8.11. The van der Waals surface area contributed by atoms with Gasteiger partial charge in [0.05, 0.1) is 18.0 Å². The summed E-state index contributed by atoms with van der Waals surface area (Å²) < 4.78 is 11.4. The molecule has 0 saturated carbocycles. The third kappa shape index (κ3) is 4.01. The number of hydrogen-bond acceptors (Lipinski definition) is 6. The summed E-state index contributed by atoms with van der Waals surface area (Å²) in [4.78, 5) is 10.8. The van der Waals surface area contributed by atoms with Gasteiger partial charge in [-0.3, -0.25) is 14.9 Å². The Kier molecular flexibility index (Phi) is 5.27. The van der Waals surface area contributed by atoms with Crippen LogP contribution in [0.1, 0.15) is 17.8 Å². The topological polar surface area (TPSA) is 67.7 Å². The minimum absolute atomic E-state index is 0.166. The Bertz CT molecular complexity index is 666. The molecule has 6 heteroatoms. The molecule has 2 atom stereocenters. The first-order chi connectivity index (χ1) is 11.7. The van der Waals surface area contributed by atoms with E-state index < -0.39 is 0 Å². The van der Waals surface area contributed by atoms with Crippen LogP contribution in [0.4, 0.5) is 0 Å². The van der Waals surface area contributed by atoms with E-state index in [0.717, 1.165) is 24.4 Å². The van der Waals surface area contributed by atoms with Crippen molar-refractivity contribution in [2.75, 3.05) is 20.3 Å². The van der Waals surface area contributed by atoms with E-state index >= 15 is 0 Å². The van der Waals surface area contributed by atoms with Crippen molar-refractivity contribution in [3.8, 4) is 11.5 Å². The number of methoxy groups -OCH3 is 1. The highest BCUT2D eigenvalue weighted by Crippen LogP contribution is 2.25. The predicted molar refractivity (Wildman–Crippen MR) is 90.0 cm³/mol. The van der Waals surface area contributed by atoms with Gasteiger partial charge in [0, 0.05) is 38.1 Å². The number of hydrogen-bond donors (Lipinski definition) is 1. The quantitative estimate of drug-likeness (QED) is 0.876. The lowest BCUT2D eigenvalue weighted by atomic mass is 10.2. The maximum atomic E-state index is 10.1. The smallest absolute Gasteiger partial charge is 0.138 e. The Morgan fingerprint density at radius 3 is 2.96 bits per heavy atom. The van der Waals surface area contributed by atoms with Gasteiger partial charge >= 0.3 is 0 Å². The molecule has 0 spiro atoms. The second-order valence-electron chi connectivity index (χ2n) is 6.09. The van der Waals surface area contributed by atoms with Gasteiger partial charge in [0.15, 0.2) is 0 Å². The van der Waals surface area contributed by atoms with Crippen LogP contribution in [0.5, 0.6) is 11.5 Å². The Hall–Kier alpha value is -2.18. The number of aromatic nitrogens is 2. The van der Waals surface area contributed by atoms with Crippen molar-refractivity contribution in [1.29, 1.82) is 0 Å². The van der Waals surface area contributed by atoms with Gasteiger partial charge in [-0.25, -0.2) is 0 Å². The van der Waals surface area contributed by atoms with Crippen LogP contribution in [-0.2, 0) is 11.3 Å². The van der Waals surface area contributed by atoms with Crippen LogP contribution in [0.15, 0.2) is 36.7 Å². The number of ether oxygens (including phenoxy) is 2. The van der Waals surface area contributed by atoms with Gasteiger partial charge in [0.1, 0.15) is 18.1 Å². The van der Waals surface area contributed by atoms with E-state index in [4.69, 9.17) is 9.47 Å². The Balaban J connectivity index is 1.68. The standard InChI is InChI=1S/C18H23N3O3/c1-13-5-6-18(22)17(20-13)11-21-10-16(23-2)8-14(21)12-24-15-4-3-7-19-9-15/h3-7,9,14,16,22H,8,10-12H2,1-2H3/t14-,16+/m0/s1. The minimum atomic E-state index is 0.166. The number of nitrogens with zero attached hydrogens (tertiary/aromatic N) is 3. The SMILES string of the molecule is CO[C@@H]1C[C@@H](COc2cccnc2)N(Cc2nc(C)ccc2O)C1. The molecule has 3 heterocycles. The molecule has 0 radical (unpaired) electrons. The van der Waals surface area contributed by atoms with Crippen LogP contribution >= 0.6 is 0 Å². The van der Waals surface area contributed by atoms with Crippen molar-refractivity contribution in [1.82, 2.24) is 14.9 Å². The fourth-order valence-corrected chi connectivity index (χ4v) is 3.01. The molecule has 1 saturated heterocycles. The third-order valence-electron chi connectivity index (χ3n) is 4.34. The highest BCUT2D eigenvalue weighted by atomic mass is 16.5. The Morgan fingerprint density at radius 2 is 2.21 bits per heavy atom. The van der Waals surface area contributed by atoms with Gasteiger partial charge in [0.2, 0.25) is 0 Å². The zero-order valence-electron chi connectivity index (χ0n) is 14.1. The van der Waals surface area contributed by atoms with Gasteiger partial charge < -0.3 is 14.6 Å². The highest BCUT2D eigenvalue weighted by molar-refractivity contribution is 5.27. The molecule has 0 aliphatic carbocycles. The molecule has 3 rings (SSSR count). The predicted octanol–water partition coefficient (Wildman–Crippen LogP) is 2.16. The third-order valence-corrected chi connectivity index (χ3v) is 4.34. The van der Waals surface area contributed by atoms with E-state index in [1.54, 1.807) is 25.6 Å². The molecule has 128 valence electrons. The maximum absolute atomic E-state index is 10.1. The molecule has 0 aromatic carbocycles. The van der Waals surface area contributed by atoms with Crippen molar-refractivity contribution in [3.63, 3.8) is 0 Å². The normalized spacial score (nSPS) is 21.1. The number of aromatic hydroxyl groups is 1. The van der Waals surface area contributed by atoms with Crippen molar-refractivity contribution in [2.24, 2.45) is 0 Å². The number of likely N-dealkylation sites (tertiary alicyclic amines) is 1. The largest absolute Gasteiger partial charge is 0.506 e. The minimum Gasteiger partial charge on any atom is -0.506 e. The molecular weight excluding hydrogens is 306 g/mol. The molecule has 1 fully saturated rings. The van der Waals surface area contributed by atoms with Crippen LogP contribution in [0.2, 0.25) is 0 Å². The summed E-state index contributed by atoms with van der Waals surface area (Å²) >= 11 is 0. The summed E-state index contributed by atoms with van der Waals surface area (Å²) in [5.74, 6) is 0.989. The van der Waals surface area contributed by atoms with E-state index in [1.807, 2.05) is 25.1 Å². The lowest BCUT2D eigenvalue weighted by Gasteiger charge is -2.24. The fourth-order valence-electron chi connectivity index (χ4n) is 3.01. The lowest BCUT2D eigenvalue weighted by molar-refractivity contribution is 0.107. The summed E-state index contributed by atoms with van der Waals surface area (Å²) in [6.07, 6.45) is 4.49. The zero-order chi connectivity index (χ0) is 16.9. The molecule has 1 aliphatic heterocycles. The fraction of sp³-hybridized carbons (Fsp3) is 0.444. The van der Waals surface area contributed by atoms with Crippen molar-refractivity contribution < 1.29 is 14.6 Å². The van der Waals surface area contributed by atoms with E-state index in [9.17, 15) is 5.11 Å². The second-order valence-corrected chi connectivity index (χ2v) is 6.09. The second kappa shape index (κ2) is 7.59. The van der Waals surface area contributed by atoms with Crippen LogP contribution in [0, 0.1) is 6.92 Å². The average Bonchev–Trinajstić information content (AvgIpc) is 2.99. The summed E-state index contributed by atoms with van der Waals surface area (Å²) in [5.41, 5.74) is 1.59. The monoisotopic (exact) mass is 329 g/mol. The molecule has 2 aromatic rings. The van der Waals surface area contributed by atoms with Gasteiger partial charge in [-0.05, 0) is 37.6 Å². The summed E-state index contributed by atoms with van der Waals surface area (Å²) in [6, 6.07) is 7.46. The van der Waals surface area contributed by atoms with E-state index in [1.165, 1.54) is 0 Å². The van der Waals surface area contributed by atoms with Crippen molar-refractivity contribution in [3.05, 3.63) is 48.0 Å². The molecule has 24 heavy (non-hydrogen) atoms. The Morgan fingerprint density at radius 1 is 1.33 bits per heavy atom. The highest BCUT2D eigenvalue weighted by Gasteiger charge is 2.33. The lowest BCUT2D eigenvalue weighted by Crippen LogP contribution is -2.34. The zero-order valence-corrected chi connectivity index (χ0v) is 14.1. The first kappa shape index (κ1) is 16.7. The van der Waals surface area contributed by atoms with Gasteiger partial charge in [-0.1, -0.05) is 0 Å². The molecule has 0 bridgehead atoms. The molecule has 2 aromatic heterocycles. The van der Waals surface area contributed by atoms with Crippen LogP contribution < -0.4 is 4.74 Å². The van der Waals surface area contributed by atoms with Gasteiger partial charge in [-0.2, -0.15) is 0 Å². The van der Waals surface area contributed by atoms with E-state index in [-0.39, 0.29) is 17.9 Å². The molecule has 6 nitrogen and oxygen atoms in total. The first-order valence-corrected chi connectivity index (χ1v) is 8.11. The van der Waals surface area contributed by atoms with Gasteiger partial charge in [0.25, 0.3) is 0 Å². The van der Waals surface area contributed by atoms with Crippen molar-refractivity contribution >= 4 is 0 Å². The van der Waals surface area contributed by atoms with E-state index in [0.29, 0.717) is 18.8 Å². The molecule has 1 aliphatic rings. The van der Waals surface area contributed by atoms with Crippen LogP contribution in [-0.4, -0.2) is 52.4 Å². The van der Waals surface area contributed by atoms with Crippen molar-refractivity contribution in [2.45, 2.75) is 32.0 Å². The summed E-state index contributed by atoms with van der Waals surface area (Å²) in [7, 11) is 1.73. The molecule has 1 N–H and O–H groups in total. The van der Waals surface area contributed by atoms with Crippen LogP contribution in [0.25, 0.3) is 0 Å². The number of rotatable bonds is 6. The van der Waals surface area contributed by atoms with E-state index in [2.05, 4.69) is 14.9 Å². The van der Waals surface area contributed by atoms with Crippen LogP contribution in [0.3, 0.4) is 0 Å². The average molecular weight is 329 g/mol. The summed E-state index contributed by atoms with van der Waals surface area (Å²) in [6.45, 7) is 3.85. The molecule has 0 unspecified atom stereocenters. The molecular formula is C18H23N3O3. The summed E-state index contributed by atoms with van der Waals surface area (Å²) in [5, 5.41) is 10.1. The van der Waals surface area contributed by atoms with Gasteiger partial charge in [-0.15, -0.1) is 0 Å². The number of aryl methyl sites for hydroxylation is 1. The number of pyridine rings is 2. The maximum Gasteiger partial charge on any atom is 0.138 e. The molecule has 0 amide bonds. The Labute approximate surface area is 142 Å².